The van der Waals surface area contributed by atoms with Crippen molar-refractivity contribution >= 4 is 5.69 Å². The molecule has 0 unspecified atom stereocenters. The molecule has 2 aromatic rings. The molecule has 1 aromatic heterocycles. The number of hydrogen-bond acceptors (Lipinski definition) is 3. The first-order chi connectivity index (χ1) is 7.66. The van der Waals surface area contributed by atoms with Crippen molar-refractivity contribution in [2.75, 3.05) is 5.73 Å². The lowest BCUT2D eigenvalue weighted by atomic mass is 10.1. The lowest BCUT2D eigenvalue weighted by Crippen LogP contribution is -2.03. The number of nitrogens with zero attached hydrogens (tertiary/aromatic N) is 2. The normalized spacial score (nSPS) is 10.4. The standard InChI is InChI=1S/C12H15N3O/c1-9-4-3-5-11(13)10(9)8-16-12-6-7-15(2)14-12/h3-7H,8,13H2,1-2H3. The Morgan fingerprint density at radius 2 is 2.19 bits per heavy atom. The van der Waals surface area contributed by atoms with Crippen molar-refractivity contribution in [3.8, 4) is 5.88 Å². The minimum absolute atomic E-state index is 0.454. The van der Waals surface area contributed by atoms with Gasteiger partial charge >= 0.3 is 0 Å². The Bertz CT molecular complexity index is 471. The quantitative estimate of drug-likeness (QED) is 0.799. The van der Waals surface area contributed by atoms with Crippen LogP contribution in [0.15, 0.2) is 30.5 Å². The highest BCUT2D eigenvalue weighted by Crippen LogP contribution is 2.18. The summed E-state index contributed by atoms with van der Waals surface area (Å²) in [6.07, 6.45) is 1.84. The highest BCUT2D eigenvalue weighted by atomic mass is 16.5. The van der Waals surface area contributed by atoms with Gasteiger partial charge in [-0.15, -0.1) is 5.10 Å². The van der Waals surface area contributed by atoms with Gasteiger partial charge in [-0.05, 0) is 18.6 Å². The lowest BCUT2D eigenvalue weighted by molar-refractivity contribution is 0.291. The minimum Gasteiger partial charge on any atom is -0.472 e. The SMILES string of the molecule is Cc1cccc(N)c1COc1ccn(C)n1. The van der Waals surface area contributed by atoms with E-state index in [9.17, 15) is 0 Å². The molecular formula is C12H15N3O. The predicted octanol–water partition coefficient (Wildman–Crippen LogP) is 1.89. The number of hydrogen-bond donors (Lipinski definition) is 1. The Morgan fingerprint density at radius 1 is 1.38 bits per heavy atom. The van der Waals surface area contributed by atoms with Crippen LogP contribution in [-0.2, 0) is 13.7 Å². The fourth-order valence-electron chi connectivity index (χ4n) is 1.54. The first-order valence-corrected chi connectivity index (χ1v) is 5.13. The molecule has 4 heteroatoms. The molecule has 84 valence electrons. The Balaban J connectivity index is 2.10. The molecule has 0 aliphatic carbocycles. The minimum atomic E-state index is 0.454. The van der Waals surface area contributed by atoms with Crippen LogP contribution < -0.4 is 10.5 Å². The molecule has 2 N–H and O–H groups in total. The summed E-state index contributed by atoms with van der Waals surface area (Å²) in [5.74, 6) is 0.616. The largest absolute Gasteiger partial charge is 0.472 e. The van der Waals surface area contributed by atoms with Gasteiger partial charge in [-0.1, -0.05) is 12.1 Å². The second-order valence-electron chi connectivity index (χ2n) is 3.76. The summed E-state index contributed by atoms with van der Waals surface area (Å²) in [6, 6.07) is 7.67. The summed E-state index contributed by atoms with van der Waals surface area (Å²) >= 11 is 0. The molecular weight excluding hydrogens is 202 g/mol. The molecule has 2 rings (SSSR count). The fraction of sp³-hybridized carbons (Fsp3) is 0.250. The molecule has 0 amide bonds. The molecule has 16 heavy (non-hydrogen) atoms. The fourth-order valence-corrected chi connectivity index (χ4v) is 1.54. The van der Waals surface area contributed by atoms with Crippen LogP contribution in [0.2, 0.25) is 0 Å². The summed E-state index contributed by atoms with van der Waals surface area (Å²) in [6.45, 7) is 2.48. The molecule has 0 aliphatic heterocycles. The third-order valence-electron chi connectivity index (χ3n) is 2.50. The van der Waals surface area contributed by atoms with Crippen LogP contribution >= 0.6 is 0 Å². The Kier molecular flexibility index (Phi) is 2.81. The van der Waals surface area contributed by atoms with Crippen molar-refractivity contribution < 1.29 is 4.74 Å². The van der Waals surface area contributed by atoms with E-state index in [1.165, 1.54) is 0 Å². The van der Waals surface area contributed by atoms with E-state index in [2.05, 4.69) is 5.10 Å². The first-order valence-electron chi connectivity index (χ1n) is 5.13. The topological polar surface area (TPSA) is 53.1 Å². The number of anilines is 1. The average molecular weight is 217 g/mol. The van der Waals surface area contributed by atoms with E-state index in [1.54, 1.807) is 4.68 Å². The molecule has 0 fully saturated rings. The van der Waals surface area contributed by atoms with E-state index < -0.39 is 0 Å². The van der Waals surface area contributed by atoms with Crippen molar-refractivity contribution in [3.05, 3.63) is 41.6 Å². The first kappa shape index (κ1) is 10.5. The van der Waals surface area contributed by atoms with Crippen molar-refractivity contribution in [3.63, 3.8) is 0 Å². The number of rotatable bonds is 3. The summed E-state index contributed by atoms with van der Waals surface area (Å²) in [5, 5.41) is 4.14. The molecule has 1 aromatic carbocycles. The number of ether oxygens (including phenoxy) is 1. The van der Waals surface area contributed by atoms with Crippen LogP contribution in [0.25, 0.3) is 0 Å². The zero-order chi connectivity index (χ0) is 11.5. The summed E-state index contributed by atoms with van der Waals surface area (Å²) in [5.41, 5.74) is 8.80. The smallest absolute Gasteiger partial charge is 0.233 e. The van der Waals surface area contributed by atoms with E-state index in [-0.39, 0.29) is 0 Å². The number of aromatic nitrogens is 2. The van der Waals surface area contributed by atoms with Crippen LogP contribution in [0.3, 0.4) is 0 Å². The molecule has 1 heterocycles. The van der Waals surface area contributed by atoms with Gasteiger partial charge in [0, 0.05) is 30.6 Å². The Morgan fingerprint density at radius 3 is 2.81 bits per heavy atom. The molecule has 0 aliphatic rings. The molecule has 4 nitrogen and oxygen atoms in total. The molecule has 0 atom stereocenters. The van der Waals surface area contributed by atoms with Crippen molar-refractivity contribution in [2.24, 2.45) is 7.05 Å². The van der Waals surface area contributed by atoms with Gasteiger partial charge in [-0.25, -0.2) is 0 Å². The van der Waals surface area contributed by atoms with Gasteiger partial charge in [0.15, 0.2) is 0 Å². The lowest BCUT2D eigenvalue weighted by Gasteiger charge is -2.09. The maximum atomic E-state index is 5.89. The second kappa shape index (κ2) is 4.26. The predicted molar refractivity (Wildman–Crippen MR) is 63.1 cm³/mol. The molecule has 0 spiro atoms. The van der Waals surface area contributed by atoms with Crippen molar-refractivity contribution in [1.82, 2.24) is 9.78 Å². The van der Waals surface area contributed by atoms with Crippen LogP contribution in [0.5, 0.6) is 5.88 Å². The van der Waals surface area contributed by atoms with Crippen molar-refractivity contribution in [1.29, 1.82) is 0 Å². The highest BCUT2D eigenvalue weighted by Gasteiger charge is 2.04. The van der Waals surface area contributed by atoms with Gasteiger partial charge in [-0.3, -0.25) is 4.68 Å². The van der Waals surface area contributed by atoms with Gasteiger partial charge in [0.25, 0.3) is 0 Å². The van der Waals surface area contributed by atoms with Crippen LogP contribution in [0, 0.1) is 6.92 Å². The van der Waals surface area contributed by atoms with Gasteiger partial charge in [0.05, 0.1) is 0 Å². The zero-order valence-corrected chi connectivity index (χ0v) is 9.47. The van der Waals surface area contributed by atoms with E-state index in [0.29, 0.717) is 12.5 Å². The number of benzene rings is 1. The summed E-state index contributed by atoms with van der Waals surface area (Å²) < 4.78 is 7.27. The number of nitrogen functional groups attached to an aromatic ring is 1. The van der Waals surface area contributed by atoms with Crippen LogP contribution in [0.1, 0.15) is 11.1 Å². The third kappa shape index (κ3) is 2.16. The third-order valence-corrected chi connectivity index (χ3v) is 2.50. The van der Waals surface area contributed by atoms with E-state index in [4.69, 9.17) is 10.5 Å². The van der Waals surface area contributed by atoms with Gasteiger partial charge in [-0.2, -0.15) is 0 Å². The van der Waals surface area contributed by atoms with E-state index in [0.717, 1.165) is 16.8 Å². The Labute approximate surface area is 94.6 Å². The maximum Gasteiger partial charge on any atom is 0.233 e. The average Bonchev–Trinajstić information content (AvgIpc) is 2.63. The highest BCUT2D eigenvalue weighted by molar-refractivity contribution is 5.50. The van der Waals surface area contributed by atoms with Crippen LogP contribution in [-0.4, -0.2) is 9.78 Å². The van der Waals surface area contributed by atoms with Gasteiger partial charge in [0.2, 0.25) is 5.88 Å². The van der Waals surface area contributed by atoms with Gasteiger partial charge in [0.1, 0.15) is 6.61 Å². The number of nitrogens with two attached hydrogens (primary N) is 1. The molecule has 0 radical (unpaired) electrons. The van der Waals surface area contributed by atoms with Crippen LogP contribution in [0.4, 0.5) is 5.69 Å². The van der Waals surface area contributed by atoms with Gasteiger partial charge < -0.3 is 10.5 Å². The maximum absolute atomic E-state index is 5.89. The van der Waals surface area contributed by atoms with E-state index in [1.807, 2.05) is 44.4 Å². The van der Waals surface area contributed by atoms with E-state index >= 15 is 0 Å². The van der Waals surface area contributed by atoms with Crippen molar-refractivity contribution in [2.45, 2.75) is 13.5 Å². The zero-order valence-electron chi connectivity index (χ0n) is 9.47. The molecule has 0 bridgehead atoms. The Hall–Kier alpha value is -1.97. The summed E-state index contributed by atoms with van der Waals surface area (Å²) in [4.78, 5) is 0. The molecule has 0 saturated carbocycles. The second-order valence-corrected chi connectivity index (χ2v) is 3.76. The number of aryl methyl sites for hydroxylation is 2. The molecule has 0 saturated heterocycles. The monoisotopic (exact) mass is 217 g/mol. The summed E-state index contributed by atoms with van der Waals surface area (Å²) in [7, 11) is 1.86.